The zero-order valence-corrected chi connectivity index (χ0v) is 27.6. The van der Waals surface area contributed by atoms with Crippen LogP contribution in [0.4, 0.5) is 0 Å². The van der Waals surface area contributed by atoms with Crippen molar-refractivity contribution in [3.05, 3.63) is 170 Å². The molecule has 0 aliphatic carbocycles. The fourth-order valence-corrected chi connectivity index (χ4v) is 9.20. The minimum Gasteiger partial charge on any atom is -0.306 e. The van der Waals surface area contributed by atoms with Gasteiger partial charge in [0.05, 0.1) is 5.69 Å². The minimum atomic E-state index is 0.947. The molecule has 0 unspecified atom stereocenters. The van der Waals surface area contributed by atoms with Gasteiger partial charge in [0.2, 0.25) is 0 Å². The summed E-state index contributed by atoms with van der Waals surface area (Å²) in [6, 6.07) is 58.5. The van der Waals surface area contributed by atoms with E-state index in [1.807, 2.05) is 6.07 Å². The molecule has 0 fully saturated rings. The Kier molecular flexibility index (Phi) is 5.26. The molecule has 2 heterocycles. The number of pyridine rings is 1. The van der Waals surface area contributed by atoms with E-state index in [0.717, 1.165) is 11.3 Å². The Bertz CT molecular complexity index is 3330. The van der Waals surface area contributed by atoms with Crippen LogP contribution in [0.3, 0.4) is 0 Å². The van der Waals surface area contributed by atoms with Crippen molar-refractivity contribution in [2.24, 2.45) is 0 Å². The second-order valence-electron chi connectivity index (χ2n) is 13.9. The van der Waals surface area contributed by atoms with Crippen LogP contribution >= 0.6 is 0 Å². The van der Waals surface area contributed by atoms with Crippen molar-refractivity contribution < 1.29 is 0 Å². The highest BCUT2D eigenvalue weighted by Gasteiger charge is 2.21. The summed E-state index contributed by atoms with van der Waals surface area (Å²) in [6.07, 6.45) is 4.24. The Morgan fingerprint density at radius 2 is 0.824 bits per heavy atom. The number of hydrogen-bond acceptors (Lipinski definition) is 1. The van der Waals surface area contributed by atoms with Gasteiger partial charge in [-0.1, -0.05) is 133 Å². The molecule has 2 nitrogen and oxygen atoms in total. The lowest BCUT2D eigenvalue weighted by Gasteiger charge is -2.19. The highest BCUT2D eigenvalue weighted by molar-refractivity contribution is 6.37. The maximum absolute atomic E-state index is 5.13. The Hall–Kier alpha value is -6.77. The molecule has 0 saturated heterocycles. The molecule has 0 aliphatic heterocycles. The van der Waals surface area contributed by atoms with Crippen LogP contribution < -0.4 is 0 Å². The van der Waals surface area contributed by atoms with Crippen molar-refractivity contribution in [2.75, 3.05) is 0 Å². The third-order valence-corrected chi connectivity index (χ3v) is 11.3. The molecule has 234 valence electrons. The van der Waals surface area contributed by atoms with Crippen molar-refractivity contribution in [3.63, 3.8) is 0 Å². The normalized spacial score (nSPS) is 12.3. The van der Waals surface area contributed by atoms with E-state index in [-0.39, 0.29) is 0 Å². The summed E-state index contributed by atoms with van der Waals surface area (Å²) in [4.78, 5) is 5.13. The van der Waals surface area contributed by atoms with Crippen molar-refractivity contribution in [1.82, 2.24) is 9.38 Å². The molecule has 12 rings (SSSR count). The van der Waals surface area contributed by atoms with Crippen LogP contribution in [0.5, 0.6) is 0 Å². The highest BCUT2D eigenvalue weighted by atomic mass is 15.0. The van der Waals surface area contributed by atoms with Gasteiger partial charge in [0.25, 0.3) is 0 Å². The first kappa shape index (κ1) is 27.1. The molecular formula is C49H28N2. The molecular weight excluding hydrogens is 617 g/mol. The SMILES string of the molecule is c1ccc2c(-c3cn4ccccc4n3)c3ccccc3c(-c3cc4ccc5cccc6c7cccc8ccc9cccc(c(c3)c4c56)c9c87)c2c1. The molecule has 0 spiro atoms. The molecule has 0 amide bonds. The van der Waals surface area contributed by atoms with Crippen LogP contribution in [0, 0.1) is 0 Å². The summed E-state index contributed by atoms with van der Waals surface area (Å²) in [7, 11) is 0. The molecule has 51 heavy (non-hydrogen) atoms. The van der Waals surface area contributed by atoms with Gasteiger partial charge in [0.15, 0.2) is 0 Å². The molecule has 10 aromatic carbocycles. The number of benzene rings is 9. The zero-order valence-electron chi connectivity index (χ0n) is 27.6. The van der Waals surface area contributed by atoms with Gasteiger partial charge in [-0.2, -0.15) is 0 Å². The standard InChI is InChI=1S/C49H28N2/c1-3-15-38-34(13-1)44(35-14-2-4-16-39(35)49(38)42-28-51-25-6-5-20-43(51)50-42)33-26-32-24-23-31-11-8-18-37-36-17-7-10-29-21-22-30-12-9-19-40(47(30)45(29)36)41(27-33)48(32)46(31)37/h1-28H. The molecule has 0 aliphatic rings. The van der Waals surface area contributed by atoms with Gasteiger partial charge in [-0.25, -0.2) is 4.98 Å². The maximum Gasteiger partial charge on any atom is 0.137 e. The highest BCUT2D eigenvalue weighted by Crippen LogP contribution is 2.48. The first-order valence-corrected chi connectivity index (χ1v) is 17.6. The molecule has 0 radical (unpaired) electrons. The molecule has 0 bridgehead atoms. The van der Waals surface area contributed by atoms with Gasteiger partial charge in [0.1, 0.15) is 5.65 Å². The molecule has 0 saturated carbocycles. The number of aromatic nitrogens is 2. The van der Waals surface area contributed by atoms with E-state index >= 15 is 0 Å². The third-order valence-electron chi connectivity index (χ3n) is 11.3. The van der Waals surface area contributed by atoms with Crippen molar-refractivity contribution >= 4 is 91.8 Å². The Labute approximate surface area is 292 Å². The number of rotatable bonds is 2. The largest absolute Gasteiger partial charge is 0.306 e. The number of nitrogens with zero attached hydrogens (tertiary/aromatic N) is 2. The van der Waals surface area contributed by atoms with E-state index < -0.39 is 0 Å². The summed E-state index contributed by atoms with van der Waals surface area (Å²) >= 11 is 0. The van der Waals surface area contributed by atoms with Gasteiger partial charge in [-0.3, -0.25) is 0 Å². The minimum absolute atomic E-state index is 0.947. The summed E-state index contributed by atoms with van der Waals surface area (Å²) < 4.78 is 2.12. The molecule has 12 aromatic rings. The van der Waals surface area contributed by atoms with E-state index in [1.165, 1.54) is 103 Å². The second-order valence-corrected chi connectivity index (χ2v) is 13.9. The van der Waals surface area contributed by atoms with Gasteiger partial charge in [-0.15, -0.1) is 0 Å². The Morgan fingerprint density at radius 3 is 1.39 bits per heavy atom. The molecule has 2 aromatic heterocycles. The van der Waals surface area contributed by atoms with Crippen molar-refractivity contribution in [1.29, 1.82) is 0 Å². The first-order chi connectivity index (χ1) is 25.3. The van der Waals surface area contributed by atoms with Crippen LogP contribution in [0.15, 0.2) is 170 Å². The van der Waals surface area contributed by atoms with Crippen LogP contribution in [0.25, 0.3) is 114 Å². The Balaban J connectivity index is 1.30. The van der Waals surface area contributed by atoms with E-state index in [9.17, 15) is 0 Å². The third kappa shape index (κ3) is 3.63. The fourth-order valence-electron chi connectivity index (χ4n) is 9.20. The number of hydrogen-bond donors (Lipinski definition) is 0. The fraction of sp³-hybridized carbons (Fsp3) is 0. The topological polar surface area (TPSA) is 17.3 Å². The van der Waals surface area contributed by atoms with Crippen LogP contribution in [0.2, 0.25) is 0 Å². The first-order valence-electron chi connectivity index (χ1n) is 17.6. The smallest absolute Gasteiger partial charge is 0.137 e. The van der Waals surface area contributed by atoms with E-state index in [1.54, 1.807) is 0 Å². The quantitative estimate of drug-likeness (QED) is 0.135. The van der Waals surface area contributed by atoms with Crippen LogP contribution in [-0.2, 0) is 0 Å². The average molecular weight is 645 g/mol. The lowest BCUT2D eigenvalue weighted by Crippen LogP contribution is -1.92. The van der Waals surface area contributed by atoms with Crippen LogP contribution in [0.1, 0.15) is 0 Å². The van der Waals surface area contributed by atoms with E-state index in [2.05, 4.69) is 168 Å². The number of imidazole rings is 1. The van der Waals surface area contributed by atoms with E-state index in [0.29, 0.717) is 0 Å². The summed E-state index contributed by atoms with van der Waals surface area (Å²) in [5.74, 6) is 0. The predicted octanol–water partition coefficient (Wildman–Crippen LogP) is 13.3. The predicted molar refractivity (Wildman–Crippen MR) is 217 cm³/mol. The van der Waals surface area contributed by atoms with Gasteiger partial charge >= 0.3 is 0 Å². The van der Waals surface area contributed by atoms with Gasteiger partial charge < -0.3 is 4.40 Å². The lowest BCUT2D eigenvalue weighted by atomic mass is 9.84. The van der Waals surface area contributed by atoms with Crippen molar-refractivity contribution in [2.45, 2.75) is 0 Å². The number of fused-ring (bicyclic) bond motifs is 5. The Morgan fingerprint density at radius 1 is 0.353 bits per heavy atom. The molecule has 0 atom stereocenters. The summed E-state index contributed by atoms with van der Waals surface area (Å²) in [5, 5.41) is 20.4. The second kappa shape index (κ2) is 9.90. The molecule has 2 heteroatoms. The van der Waals surface area contributed by atoms with Gasteiger partial charge in [0, 0.05) is 18.0 Å². The molecule has 0 N–H and O–H groups in total. The van der Waals surface area contributed by atoms with Crippen molar-refractivity contribution in [3.8, 4) is 22.4 Å². The van der Waals surface area contributed by atoms with Gasteiger partial charge in [-0.05, 0) is 122 Å². The summed E-state index contributed by atoms with van der Waals surface area (Å²) in [5.41, 5.74) is 5.59. The zero-order chi connectivity index (χ0) is 33.2. The summed E-state index contributed by atoms with van der Waals surface area (Å²) in [6.45, 7) is 0. The lowest BCUT2D eigenvalue weighted by molar-refractivity contribution is 1.19. The monoisotopic (exact) mass is 644 g/mol. The average Bonchev–Trinajstić information content (AvgIpc) is 3.62. The van der Waals surface area contributed by atoms with Crippen LogP contribution in [-0.4, -0.2) is 9.38 Å². The van der Waals surface area contributed by atoms with E-state index in [4.69, 9.17) is 4.98 Å². The maximum atomic E-state index is 5.13.